The average Bonchev–Trinajstić information content (AvgIpc) is 2.27. The first kappa shape index (κ1) is 24.7. The monoisotopic (exact) mass is 408 g/mol. The molecule has 0 aromatic heterocycles. The number of carbonyl (C=O) groups is 1. The van der Waals surface area contributed by atoms with Crippen molar-refractivity contribution in [2.45, 2.75) is 72.6 Å². The molecule has 0 saturated heterocycles. The summed E-state index contributed by atoms with van der Waals surface area (Å²) < 4.78 is 29.6. The molecule has 9 heteroatoms. The second-order valence-corrected chi connectivity index (χ2v) is 18.9. The molecule has 0 aliphatic carbocycles. The van der Waals surface area contributed by atoms with Gasteiger partial charge in [0.05, 0.1) is 12.2 Å². The zero-order valence-electron chi connectivity index (χ0n) is 17.6. The Morgan fingerprint density at radius 2 is 1.36 bits per heavy atom. The number of ether oxygens (including phenoxy) is 1. The Morgan fingerprint density at radius 3 is 1.80 bits per heavy atom. The molecule has 0 aromatic rings. The quantitative estimate of drug-likeness (QED) is 0.235. The maximum absolute atomic E-state index is 11.3. The van der Waals surface area contributed by atoms with Crippen LogP contribution in [0.15, 0.2) is 12.2 Å². The number of esters is 1. The van der Waals surface area contributed by atoms with Crippen molar-refractivity contribution in [3.63, 3.8) is 0 Å². The molecule has 0 heterocycles. The van der Waals surface area contributed by atoms with Crippen LogP contribution in [0.1, 0.15) is 27.7 Å². The lowest BCUT2D eigenvalue weighted by Gasteiger charge is -2.40. The fourth-order valence-electron chi connectivity index (χ4n) is 2.54. The molecule has 0 amide bonds. The molecule has 0 fully saturated rings. The molecule has 0 saturated carbocycles. The molecular formula is C16H36O6Si3. The van der Waals surface area contributed by atoms with E-state index in [-0.39, 0.29) is 12.2 Å². The molecule has 0 bridgehead atoms. The molecule has 0 spiro atoms. The largest absolute Gasteiger partial charge is 0.460 e. The predicted molar refractivity (Wildman–Crippen MR) is 107 cm³/mol. The van der Waals surface area contributed by atoms with Gasteiger partial charge in [-0.1, -0.05) is 6.58 Å². The molecule has 0 aliphatic rings. The van der Waals surface area contributed by atoms with Gasteiger partial charge >= 0.3 is 31.7 Å². The van der Waals surface area contributed by atoms with Crippen LogP contribution < -0.4 is 0 Å². The first-order valence-corrected chi connectivity index (χ1v) is 17.0. The Hall–Kier alpha value is -0.299. The van der Waals surface area contributed by atoms with E-state index in [2.05, 4.69) is 6.58 Å². The summed E-state index contributed by atoms with van der Waals surface area (Å²) in [5, 5.41) is 0. The van der Waals surface area contributed by atoms with E-state index in [1.54, 1.807) is 6.92 Å². The zero-order chi connectivity index (χ0) is 20.1. The van der Waals surface area contributed by atoms with Crippen molar-refractivity contribution in [2.24, 2.45) is 0 Å². The van der Waals surface area contributed by atoms with Crippen molar-refractivity contribution < 1.29 is 26.6 Å². The van der Waals surface area contributed by atoms with Gasteiger partial charge in [0.15, 0.2) is 0 Å². The standard InChI is InChI=1S/C16H36O6Si3/c1-14(2)15(17)18-12-13-19-23(6,7)21-25(10,11)22-24(8,9)20-16(3,4)5/h1,12-13H2,2-11H3. The number of hydrogen-bond acceptors (Lipinski definition) is 6. The Kier molecular flexibility index (Phi) is 8.96. The Labute approximate surface area is 156 Å². The van der Waals surface area contributed by atoms with E-state index >= 15 is 0 Å². The van der Waals surface area contributed by atoms with Gasteiger partial charge in [-0.25, -0.2) is 4.79 Å². The normalized spacial score (nSPS) is 13.7. The maximum atomic E-state index is 11.3. The van der Waals surface area contributed by atoms with Gasteiger partial charge in [-0.2, -0.15) is 0 Å². The van der Waals surface area contributed by atoms with E-state index < -0.39 is 31.7 Å². The lowest BCUT2D eigenvalue weighted by atomic mass is 10.2. The third-order valence-electron chi connectivity index (χ3n) is 2.65. The summed E-state index contributed by atoms with van der Waals surface area (Å²) in [6, 6.07) is 0. The highest BCUT2D eigenvalue weighted by Gasteiger charge is 2.43. The summed E-state index contributed by atoms with van der Waals surface area (Å²) >= 11 is 0. The first-order chi connectivity index (χ1) is 10.9. The van der Waals surface area contributed by atoms with Gasteiger partial charge in [0.1, 0.15) is 6.61 Å². The number of carbonyl (C=O) groups excluding carboxylic acids is 1. The second kappa shape index (κ2) is 9.07. The SMILES string of the molecule is C=C(C)C(=O)OCCO[Si](C)(C)O[Si](C)(C)O[Si](C)(C)OC(C)(C)C. The molecule has 0 aliphatic heterocycles. The Balaban J connectivity index is 4.54. The minimum Gasteiger partial charge on any atom is -0.460 e. The van der Waals surface area contributed by atoms with E-state index in [1.807, 2.05) is 60.1 Å². The highest BCUT2D eigenvalue weighted by Crippen LogP contribution is 2.25. The van der Waals surface area contributed by atoms with Crippen molar-refractivity contribution in [2.75, 3.05) is 13.2 Å². The van der Waals surface area contributed by atoms with Crippen LogP contribution in [-0.4, -0.2) is 50.5 Å². The Morgan fingerprint density at radius 1 is 0.880 bits per heavy atom. The van der Waals surface area contributed by atoms with Crippen LogP contribution in [0, 0.1) is 0 Å². The molecule has 0 aromatic carbocycles. The van der Waals surface area contributed by atoms with Crippen LogP contribution in [-0.2, 0) is 26.6 Å². The molecule has 25 heavy (non-hydrogen) atoms. The lowest BCUT2D eigenvalue weighted by Crippen LogP contribution is -2.56. The Bertz CT molecular complexity index is 469. The van der Waals surface area contributed by atoms with E-state index in [4.69, 9.17) is 21.8 Å². The lowest BCUT2D eigenvalue weighted by molar-refractivity contribution is -0.139. The van der Waals surface area contributed by atoms with Crippen LogP contribution in [0.3, 0.4) is 0 Å². The van der Waals surface area contributed by atoms with Gasteiger partial charge < -0.3 is 21.8 Å². The number of rotatable bonds is 10. The maximum Gasteiger partial charge on any atom is 0.333 e. The number of hydrogen-bond donors (Lipinski definition) is 0. The van der Waals surface area contributed by atoms with Crippen molar-refractivity contribution in [3.8, 4) is 0 Å². The summed E-state index contributed by atoms with van der Waals surface area (Å²) in [6.07, 6.45) is 0. The topological polar surface area (TPSA) is 63.2 Å². The highest BCUT2D eigenvalue weighted by atomic mass is 28.5. The molecule has 0 N–H and O–H groups in total. The van der Waals surface area contributed by atoms with Crippen molar-refractivity contribution in [3.05, 3.63) is 12.2 Å². The molecule has 0 radical (unpaired) electrons. The molecule has 0 rings (SSSR count). The van der Waals surface area contributed by atoms with Crippen molar-refractivity contribution in [1.82, 2.24) is 0 Å². The third kappa shape index (κ3) is 12.7. The van der Waals surface area contributed by atoms with Gasteiger partial charge in [0, 0.05) is 5.57 Å². The van der Waals surface area contributed by atoms with E-state index in [1.165, 1.54) is 0 Å². The molecule has 148 valence electrons. The van der Waals surface area contributed by atoms with Crippen LogP contribution >= 0.6 is 0 Å². The van der Waals surface area contributed by atoms with Crippen molar-refractivity contribution in [1.29, 1.82) is 0 Å². The summed E-state index contributed by atoms with van der Waals surface area (Å²) in [5.74, 6) is -0.408. The summed E-state index contributed by atoms with van der Waals surface area (Å²) in [4.78, 5) is 11.3. The van der Waals surface area contributed by atoms with Crippen LogP contribution in [0.4, 0.5) is 0 Å². The minimum atomic E-state index is -2.42. The van der Waals surface area contributed by atoms with Gasteiger partial charge in [-0.3, -0.25) is 0 Å². The zero-order valence-corrected chi connectivity index (χ0v) is 20.6. The van der Waals surface area contributed by atoms with Gasteiger partial charge in [0.2, 0.25) is 0 Å². The van der Waals surface area contributed by atoms with Gasteiger partial charge in [0.25, 0.3) is 0 Å². The summed E-state index contributed by atoms with van der Waals surface area (Å²) in [7, 11) is -7.14. The second-order valence-electron chi connectivity index (χ2n) is 8.38. The van der Waals surface area contributed by atoms with Crippen LogP contribution in [0.5, 0.6) is 0 Å². The fraction of sp³-hybridized carbons (Fsp3) is 0.812. The van der Waals surface area contributed by atoms with E-state index in [0.29, 0.717) is 12.2 Å². The summed E-state index contributed by atoms with van der Waals surface area (Å²) in [5.41, 5.74) is 0.123. The minimum absolute atomic E-state index is 0.182. The van der Waals surface area contributed by atoms with Gasteiger partial charge in [-0.05, 0) is 67.0 Å². The van der Waals surface area contributed by atoms with Crippen LogP contribution in [0.25, 0.3) is 0 Å². The van der Waals surface area contributed by atoms with E-state index in [0.717, 1.165) is 0 Å². The van der Waals surface area contributed by atoms with Crippen molar-refractivity contribution >= 4 is 31.7 Å². The van der Waals surface area contributed by atoms with Crippen LogP contribution in [0.2, 0.25) is 39.3 Å². The molecule has 0 unspecified atom stereocenters. The predicted octanol–water partition coefficient (Wildman–Crippen LogP) is 4.08. The fourth-order valence-corrected chi connectivity index (χ4v) is 15.0. The molecule has 0 atom stereocenters. The van der Waals surface area contributed by atoms with Gasteiger partial charge in [-0.15, -0.1) is 0 Å². The van der Waals surface area contributed by atoms with E-state index in [9.17, 15) is 4.79 Å². The molecule has 6 nitrogen and oxygen atoms in total. The summed E-state index contributed by atoms with van der Waals surface area (Å²) in [6.45, 7) is 23.7. The highest BCUT2D eigenvalue weighted by molar-refractivity contribution is 6.84. The smallest absolute Gasteiger partial charge is 0.333 e. The average molecular weight is 409 g/mol. The molecular weight excluding hydrogens is 372 g/mol. The first-order valence-electron chi connectivity index (χ1n) is 8.52. The third-order valence-corrected chi connectivity index (χ3v) is 12.5.